The first-order valence-corrected chi connectivity index (χ1v) is 9.72. The van der Waals surface area contributed by atoms with Crippen molar-refractivity contribution in [3.8, 4) is 0 Å². The van der Waals surface area contributed by atoms with Crippen LogP contribution < -0.4 is 10.2 Å². The molecule has 6 nitrogen and oxygen atoms in total. The summed E-state index contributed by atoms with van der Waals surface area (Å²) in [6, 6.07) is 22.2. The van der Waals surface area contributed by atoms with Crippen LogP contribution in [0.5, 0.6) is 0 Å². The summed E-state index contributed by atoms with van der Waals surface area (Å²) in [6.07, 6.45) is 0. The van der Waals surface area contributed by atoms with Crippen LogP contribution in [-0.4, -0.2) is 29.2 Å². The number of benzene rings is 3. The highest BCUT2D eigenvalue weighted by Crippen LogP contribution is 2.28. The number of anilines is 2. The number of hydrogen-bond donors (Lipinski definition) is 2. The highest BCUT2D eigenvalue weighted by atomic mass is 19.1. The second-order valence-electron chi connectivity index (χ2n) is 7.10. The SMILES string of the molecule is O=C1CN=C(N(C(=O)c2cc3ccccc3[nH]2)c2ccccc2F)c2ccccc2N1. The number of benzodiazepines with no additional fused rings is 1. The van der Waals surface area contributed by atoms with Crippen molar-refractivity contribution >= 4 is 39.9 Å². The Kier molecular flexibility index (Phi) is 4.55. The number of amidine groups is 1. The lowest BCUT2D eigenvalue weighted by atomic mass is 10.1. The quantitative estimate of drug-likeness (QED) is 0.513. The lowest BCUT2D eigenvalue weighted by molar-refractivity contribution is -0.114. The van der Waals surface area contributed by atoms with Gasteiger partial charge >= 0.3 is 0 Å². The van der Waals surface area contributed by atoms with Crippen LogP contribution in [0.15, 0.2) is 83.9 Å². The van der Waals surface area contributed by atoms with Gasteiger partial charge in [0, 0.05) is 16.5 Å². The number of fused-ring (bicyclic) bond motifs is 2. The Hall–Kier alpha value is -4.26. The van der Waals surface area contributed by atoms with E-state index in [1.165, 1.54) is 17.0 Å². The van der Waals surface area contributed by atoms with Crippen molar-refractivity contribution in [2.75, 3.05) is 16.8 Å². The molecule has 0 aliphatic carbocycles. The normalized spacial score (nSPS) is 13.2. The zero-order valence-electron chi connectivity index (χ0n) is 16.3. The molecule has 1 aromatic heterocycles. The summed E-state index contributed by atoms with van der Waals surface area (Å²) >= 11 is 0. The maximum atomic E-state index is 14.9. The van der Waals surface area contributed by atoms with Gasteiger partial charge in [-0.15, -0.1) is 0 Å². The molecule has 0 saturated carbocycles. The van der Waals surface area contributed by atoms with Crippen LogP contribution in [0, 0.1) is 5.82 Å². The number of carbonyl (C=O) groups excluding carboxylic acids is 2. The highest BCUT2D eigenvalue weighted by Gasteiger charge is 2.30. The predicted octanol–water partition coefficient (Wildman–Crippen LogP) is 4.35. The monoisotopic (exact) mass is 412 g/mol. The number of aliphatic imine (C=N–C) groups is 1. The molecule has 1 aliphatic rings. The Morgan fingerprint density at radius 2 is 1.71 bits per heavy atom. The number of nitrogens with zero attached hydrogens (tertiary/aromatic N) is 2. The molecule has 0 spiro atoms. The van der Waals surface area contributed by atoms with Crippen molar-refractivity contribution in [1.29, 1.82) is 0 Å². The molecule has 0 radical (unpaired) electrons. The van der Waals surface area contributed by atoms with Gasteiger partial charge < -0.3 is 10.3 Å². The maximum absolute atomic E-state index is 14.9. The number of amides is 2. The molecule has 0 bridgehead atoms. The summed E-state index contributed by atoms with van der Waals surface area (Å²) in [7, 11) is 0. The zero-order valence-corrected chi connectivity index (χ0v) is 16.3. The molecule has 5 rings (SSSR count). The fraction of sp³-hybridized carbons (Fsp3) is 0.0417. The van der Waals surface area contributed by atoms with Gasteiger partial charge in [0.1, 0.15) is 23.9 Å². The molecule has 2 amide bonds. The molecule has 7 heteroatoms. The Balaban J connectivity index is 1.71. The van der Waals surface area contributed by atoms with E-state index in [1.807, 2.05) is 24.3 Å². The lowest BCUT2D eigenvalue weighted by Crippen LogP contribution is -2.38. The number of halogens is 1. The average Bonchev–Trinajstić information content (AvgIpc) is 3.15. The van der Waals surface area contributed by atoms with Gasteiger partial charge in [0.25, 0.3) is 5.91 Å². The Bertz CT molecular complexity index is 1330. The van der Waals surface area contributed by atoms with Crippen molar-refractivity contribution in [3.63, 3.8) is 0 Å². The van der Waals surface area contributed by atoms with Crippen molar-refractivity contribution < 1.29 is 14.0 Å². The predicted molar refractivity (Wildman–Crippen MR) is 118 cm³/mol. The van der Waals surface area contributed by atoms with Crippen LogP contribution in [0.25, 0.3) is 10.9 Å². The number of para-hydroxylation sites is 3. The molecule has 0 atom stereocenters. The van der Waals surface area contributed by atoms with E-state index in [2.05, 4.69) is 15.3 Å². The second-order valence-corrected chi connectivity index (χ2v) is 7.10. The highest BCUT2D eigenvalue weighted by molar-refractivity contribution is 6.30. The summed E-state index contributed by atoms with van der Waals surface area (Å²) < 4.78 is 14.9. The fourth-order valence-corrected chi connectivity index (χ4v) is 3.66. The minimum Gasteiger partial charge on any atom is -0.351 e. The van der Waals surface area contributed by atoms with E-state index in [4.69, 9.17) is 0 Å². The summed E-state index contributed by atoms with van der Waals surface area (Å²) in [5.41, 5.74) is 2.16. The first kappa shape index (κ1) is 18.7. The molecular formula is C24H17FN4O2. The Morgan fingerprint density at radius 1 is 0.968 bits per heavy atom. The van der Waals surface area contributed by atoms with Crippen molar-refractivity contribution in [2.24, 2.45) is 4.99 Å². The standard InChI is InChI=1S/C24H17FN4O2/c25-17-9-3-6-12-21(17)29(24(31)20-13-15-7-1-4-10-18(15)27-20)23-16-8-2-5-11-19(16)28-22(30)14-26-23/h1-13,27H,14H2,(H,28,30). The van der Waals surface area contributed by atoms with Crippen LogP contribution >= 0.6 is 0 Å². The molecule has 4 aromatic rings. The van der Waals surface area contributed by atoms with Gasteiger partial charge in [-0.3, -0.25) is 19.5 Å². The van der Waals surface area contributed by atoms with Crippen molar-refractivity contribution in [2.45, 2.75) is 0 Å². The van der Waals surface area contributed by atoms with E-state index < -0.39 is 11.7 Å². The molecule has 152 valence electrons. The number of nitrogens with one attached hydrogen (secondary N) is 2. The van der Waals surface area contributed by atoms with Crippen LogP contribution in [0.3, 0.4) is 0 Å². The Labute approximate surface area is 177 Å². The second kappa shape index (κ2) is 7.53. The molecule has 3 aromatic carbocycles. The minimum atomic E-state index is -0.573. The fourth-order valence-electron chi connectivity index (χ4n) is 3.66. The topological polar surface area (TPSA) is 77.6 Å². The van der Waals surface area contributed by atoms with E-state index in [0.29, 0.717) is 11.3 Å². The van der Waals surface area contributed by atoms with E-state index in [1.54, 1.807) is 42.5 Å². The molecule has 0 fully saturated rings. The number of H-pyrrole nitrogens is 1. The van der Waals surface area contributed by atoms with E-state index in [-0.39, 0.29) is 29.7 Å². The smallest absolute Gasteiger partial charge is 0.280 e. The third kappa shape index (κ3) is 3.36. The van der Waals surface area contributed by atoms with E-state index in [0.717, 1.165) is 10.9 Å². The van der Waals surface area contributed by atoms with Crippen molar-refractivity contribution in [1.82, 2.24) is 4.98 Å². The summed E-state index contributed by atoms with van der Waals surface area (Å²) in [5.74, 6) is -1.17. The number of carbonyl (C=O) groups is 2. The molecule has 2 N–H and O–H groups in total. The Morgan fingerprint density at radius 3 is 2.55 bits per heavy atom. The summed E-state index contributed by atoms with van der Waals surface area (Å²) in [6.45, 7) is -0.186. The minimum absolute atomic E-state index is 0.0501. The van der Waals surface area contributed by atoms with Gasteiger partial charge in [0.05, 0.1) is 11.4 Å². The third-order valence-electron chi connectivity index (χ3n) is 5.08. The van der Waals surface area contributed by atoms with Gasteiger partial charge in [-0.25, -0.2) is 4.39 Å². The van der Waals surface area contributed by atoms with Gasteiger partial charge in [-0.1, -0.05) is 42.5 Å². The molecular weight excluding hydrogens is 395 g/mol. The molecule has 0 saturated heterocycles. The van der Waals surface area contributed by atoms with Crippen molar-refractivity contribution in [3.05, 3.63) is 95.9 Å². The van der Waals surface area contributed by atoms with Gasteiger partial charge in [-0.05, 0) is 36.4 Å². The van der Waals surface area contributed by atoms with E-state index >= 15 is 0 Å². The first-order chi connectivity index (χ1) is 15.1. The number of aromatic nitrogens is 1. The average molecular weight is 412 g/mol. The third-order valence-corrected chi connectivity index (χ3v) is 5.08. The maximum Gasteiger partial charge on any atom is 0.280 e. The number of hydrogen-bond acceptors (Lipinski definition) is 3. The van der Waals surface area contributed by atoms with Crippen LogP contribution in [0.1, 0.15) is 16.1 Å². The lowest BCUT2D eigenvalue weighted by Gasteiger charge is -2.25. The zero-order chi connectivity index (χ0) is 21.4. The summed E-state index contributed by atoms with van der Waals surface area (Å²) in [5, 5.41) is 3.64. The molecule has 31 heavy (non-hydrogen) atoms. The van der Waals surface area contributed by atoms with Gasteiger partial charge in [0.15, 0.2) is 0 Å². The summed E-state index contributed by atoms with van der Waals surface area (Å²) in [4.78, 5) is 34.6. The van der Waals surface area contributed by atoms with Gasteiger partial charge in [0.2, 0.25) is 5.91 Å². The first-order valence-electron chi connectivity index (χ1n) is 9.72. The van der Waals surface area contributed by atoms with Crippen LogP contribution in [0.4, 0.5) is 15.8 Å². The van der Waals surface area contributed by atoms with Crippen LogP contribution in [-0.2, 0) is 4.79 Å². The van der Waals surface area contributed by atoms with Gasteiger partial charge in [-0.2, -0.15) is 0 Å². The molecule has 2 heterocycles. The largest absolute Gasteiger partial charge is 0.351 e. The molecule has 0 unspecified atom stereocenters. The number of aromatic amines is 1. The molecule has 1 aliphatic heterocycles. The van der Waals surface area contributed by atoms with E-state index in [9.17, 15) is 14.0 Å². The number of rotatable bonds is 2. The van der Waals surface area contributed by atoms with Crippen LogP contribution in [0.2, 0.25) is 0 Å².